The SMILES string of the molecule is Cc1cc(NC(=O)CSc2nnc(-c3ccc(C(C)(C)C)cc3)n2N)n(-c2ccccc2)n1. The lowest BCUT2D eigenvalue weighted by molar-refractivity contribution is -0.113. The second-order valence-electron chi connectivity index (χ2n) is 8.76. The Morgan fingerprint density at radius 3 is 2.42 bits per heavy atom. The van der Waals surface area contributed by atoms with Gasteiger partial charge in [0.15, 0.2) is 5.82 Å². The van der Waals surface area contributed by atoms with Gasteiger partial charge in [0.05, 0.1) is 17.1 Å². The molecule has 9 heteroatoms. The van der Waals surface area contributed by atoms with Crippen molar-refractivity contribution in [2.75, 3.05) is 16.9 Å². The van der Waals surface area contributed by atoms with Gasteiger partial charge in [0.1, 0.15) is 5.82 Å². The Labute approximate surface area is 197 Å². The Kier molecular flexibility index (Phi) is 6.24. The van der Waals surface area contributed by atoms with E-state index in [0.29, 0.717) is 16.8 Å². The molecule has 2 aromatic heterocycles. The number of carbonyl (C=O) groups excluding carboxylic acids is 1. The average Bonchev–Trinajstić information content (AvgIpc) is 3.34. The van der Waals surface area contributed by atoms with Gasteiger partial charge in [-0.3, -0.25) is 4.79 Å². The third-order valence-corrected chi connectivity index (χ3v) is 6.05. The van der Waals surface area contributed by atoms with Crippen LogP contribution in [0, 0.1) is 6.92 Å². The summed E-state index contributed by atoms with van der Waals surface area (Å²) in [5, 5.41) is 16.2. The average molecular weight is 462 g/mol. The minimum Gasteiger partial charge on any atom is -0.335 e. The summed E-state index contributed by atoms with van der Waals surface area (Å²) in [4.78, 5) is 12.6. The number of aromatic nitrogens is 5. The van der Waals surface area contributed by atoms with Gasteiger partial charge in [-0.25, -0.2) is 9.36 Å². The Morgan fingerprint density at radius 2 is 1.76 bits per heavy atom. The maximum absolute atomic E-state index is 12.6. The molecule has 0 saturated heterocycles. The fourth-order valence-corrected chi connectivity index (χ4v) is 4.01. The number of carbonyl (C=O) groups is 1. The third-order valence-electron chi connectivity index (χ3n) is 5.11. The number of nitrogen functional groups attached to an aromatic ring is 1. The molecule has 0 aliphatic heterocycles. The van der Waals surface area contributed by atoms with E-state index < -0.39 is 0 Å². The van der Waals surface area contributed by atoms with Gasteiger partial charge < -0.3 is 11.2 Å². The number of nitrogens with two attached hydrogens (primary N) is 1. The quantitative estimate of drug-likeness (QED) is 0.330. The highest BCUT2D eigenvalue weighted by Crippen LogP contribution is 2.26. The monoisotopic (exact) mass is 461 g/mol. The highest BCUT2D eigenvalue weighted by atomic mass is 32.2. The molecule has 3 N–H and O–H groups in total. The van der Waals surface area contributed by atoms with E-state index in [2.05, 4.69) is 53.5 Å². The molecule has 0 aliphatic rings. The molecular weight excluding hydrogens is 434 g/mol. The van der Waals surface area contributed by atoms with E-state index in [1.807, 2.05) is 55.5 Å². The molecule has 1 amide bonds. The summed E-state index contributed by atoms with van der Waals surface area (Å²) in [6, 6.07) is 19.6. The predicted molar refractivity (Wildman–Crippen MR) is 132 cm³/mol. The first-order valence-corrected chi connectivity index (χ1v) is 11.6. The summed E-state index contributed by atoms with van der Waals surface area (Å²) in [5.41, 5.74) is 3.85. The largest absolute Gasteiger partial charge is 0.335 e. The van der Waals surface area contributed by atoms with E-state index in [-0.39, 0.29) is 17.1 Å². The van der Waals surface area contributed by atoms with Crippen LogP contribution in [0.4, 0.5) is 5.82 Å². The smallest absolute Gasteiger partial charge is 0.236 e. The summed E-state index contributed by atoms with van der Waals surface area (Å²) in [5.74, 6) is 7.34. The molecule has 2 aromatic carbocycles. The molecule has 0 atom stereocenters. The molecule has 2 heterocycles. The van der Waals surface area contributed by atoms with Crippen LogP contribution in [0.25, 0.3) is 17.1 Å². The summed E-state index contributed by atoms with van der Waals surface area (Å²) < 4.78 is 3.13. The van der Waals surface area contributed by atoms with Crippen LogP contribution in [0.3, 0.4) is 0 Å². The van der Waals surface area contributed by atoms with Crippen LogP contribution in [0.2, 0.25) is 0 Å². The highest BCUT2D eigenvalue weighted by molar-refractivity contribution is 7.99. The molecular formula is C24H27N7OS. The van der Waals surface area contributed by atoms with Crippen molar-refractivity contribution in [3.8, 4) is 17.1 Å². The van der Waals surface area contributed by atoms with Gasteiger partial charge in [-0.15, -0.1) is 10.2 Å². The number of para-hydroxylation sites is 1. The van der Waals surface area contributed by atoms with E-state index in [4.69, 9.17) is 5.84 Å². The Balaban J connectivity index is 1.43. The molecule has 0 spiro atoms. The number of aryl methyl sites for hydroxylation is 1. The zero-order chi connectivity index (χ0) is 23.6. The number of nitrogens with one attached hydrogen (secondary N) is 1. The number of benzene rings is 2. The van der Waals surface area contributed by atoms with Crippen LogP contribution in [0.1, 0.15) is 32.0 Å². The molecule has 4 rings (SSSR count). The fraction of sp³-hybridized carbons (Fsp3) is 0.250. The topological polar surface area (TPSA) is 104 Å². The lowest BCUT2D eigenvalue weighted by Gasteiger charge is -2.19. The maximum atomic E-state index is 12.6. The number of rotatable bonds is 6. The fourth-order valence-electron chi connectivity index (χ4n) is 3.36. The lowest BCUT2D eigenvalue weighted by atomic mass is 9.87. The first-order chi connectivity index (χ1) is 15.7. The number of hydrogen-bond donors (Lipinski definition) is 2. The third kappa shape index (κ3) is 5.09. The second kappa shape index (κ2) is 9.11. The molecule has 0 aliphatic carbocycles. The zero-order valence-electron chi connectivity index (χ0n) is 19.1. The summed E-state index contributed by atoms with van der Waals surface area (Å²) in [6.07, 6.45) is 0. The van der Waals surface area contributed by atoms with Crippen molar-refractivity contribution in [3.63, 3.8) is 0 Å². The minimum atomic E-state index is -0.184. The minimum absolute atomic E-state index is 0.0672. The summed E-state index contributed by atoms with van der Waals surface area (Å²) in [7, 11) is 0. The van der Waals surface area contributed by atoms with Crippen molar-refractivity contribution in [2.45, 2.75) is 38.3 Å². The van der Waals surface area contributed by atoms with Crippen LogP contribution in [0.15, 0.2) is 65.8 Å². The summed E-state index contributed by atoms with van der Waals surface area (Å²) in [6.45, 7) is 8.39. The first kappa shape index (κ1) is 22.6. The van der Waals surface area contributed by atoms with Gasteiger partial charge in [0, 0.05) is 11.6 Å². The molecule has 33 heavy (non-hydrogen) atoms. The molecule has 170 valence electrons. The predicted octanol–water partition coefficient (Wildman–Crippen LogP) is 4.18. The first-order valence-electron chi connectivity index (χ1n) is 10.6. The van der Waals surface area contributed by atoms with E-state index in [1.165, 1.54) is 22.0 Å². The Bertz CT molecular complexity index is 1250. The number of nitrogens with zero attached hydrogens (tertiary/aromatic N) is 5. The van der Waals surface area contributed by atoms with Crippen molar-refractivity contribution < 1.29 is 4.79 Å². The zero-order valence-corrected chi connectivity index (χ0v) is 19.9. The highest BCUT2D eigenvalue weighted by Gasteiger charge is 2.17. The second-order valence-corrected chi connectivity index (χ2v) is 9.70. The van der Waals surface area contributed by atoms with Crippen LogP contribution in [0.5, 0.6) is 0 Å². The standard InChI is InChI=1S/C24H27N7OS/c1-16-14-20(31(29-16)19-8-6-5-7-9-19)26-21(32)15-33-23-28-27-22(30(23)25)17-10-12-18(13-11-17)24(2,3)4/h5-14H,15,25H2,1-4H3,(H,26,32). The number of amides is 1. The number of anilines is 1. The van der Waals surface area contributed by atoms with E-state index >= 15 is 0 Å². The van der Waals surface area contributed by atoms with Gasteiger partial charge in [-0.05, 0) is 30.0 Å². The Morgan fingerprint density at radius 1 is 1.06 bits per heavy atom. The van der Waals surface area contributed by atoms with Gasteiger partial charge in [-0.2, -0.15) is 5.10 Å². The maximum Gasteiger partial charge on any atom is 0.236 e. The molecule has 4 aromatic rings. The number of thioether (sulfide) groups is 1. The van der Waals surface area contributed by atoms with Gasteiger partial charge >= 0.3 is 0 Å². The molecule has 0 saturated carbocycles. The summed E-state index contributed by atoms with van der Waals surface area (Å²) >= 11 is 1.23. The van der Waals surface area contributed by atoms with Crippen LogP contribution < -0.4 is 11.2 Å². The van der Waals surface area contributed by atoms with Crippen molar-refractivity contribution >= 4 is 23.5 Å². The normalized spacial score (nSPS) is 11.5. The van der Waals surface area contributed by atoms with Crippen LogP contribution in [-0.2, 0) is 10.2 Å². The van der Waals surface area contributed by atoms with Gasteiger partial charge in [0.2, 0.25) is 11.1 Å². The van der Waals surface area contributed by atoms with E-state index in [1.54, 1.807) is 4.68 Å². The van der Waals surface area contributed by atoms with Crippen LogP contribution in [-0.4, -0.2) is 36.3 Å². The molecule has 0 bridgehead atoms. The molecule has 0 unspecified atom stereocenters. The molecule has 0 fully saturated rings. The van der Waals surface area contributed by atoms with Crippen molar-refractivity contribution in [1.82, 2.24) is 24.7 Å². The van der Waals surface area contributed by atoms with E-state index in [9.17, 15) is 4.79 Å². The lowest BCUT2D eigenvalue weighted by Crippen LogP contribution is -2.18. The van der Waals surface area contributed by atoms with E-state index in [0.717, 1.165) is 16.9 Å². The molecule has 8 nitrogen and oxygen atoms in total. The van der Waals surface area contributed by atoms with Gasteiger partial charge in [0.25, 0.3) is 0 Å². The van der Waals surface area contributed by atoms with Crippen molar-refractivity contribution in [1.29, 1.82) is 0 Å². The Hall–Kier alpha value is -3.59. The number of hydrogen-bond acceptors (Lipinski definition) is 6. The van der Waals surface area contributed by atoms with Gasteiger partial charge in [-0.1, -0.05) is 75.0 Å². The van der Waals surface area contributed by atoms with Crippen LogP contribution >= 0.6 is 11.8 Å². The molecule has 0 radical (unpaired) electrons. The van der Waals surface area contributed by atoms with Crippen molar-refractivity contribution in [3.05, 3.63) is 71.9 Å². The van der Waals surface area contributed by atoms with Crippen molar-refractivity contribution in [2.24, 2.45) is 0 Å².